The molecule has 0 N–H and O–H groups in total. The van der Waals surface area contributed by atoms with Gasteiger partial charge in [-0.15, -0.1) is 0 Å². The minimum Gasteiger partial charge on any atom is -0.463 e. The molecule has 0 spiro atoms. The van der Waals surface area contributed by atoms with E-state index < -0.39 is 0 Å². The van der Waals surface area contributed by atoms with Crippen LogP contribution in [0.4, 0.5) is 0 Å². The van der Waals surface area contributed by atoms with Crippen LogP contribution in [0.1, 0.15) is 72.1 Å². The first-order valence-electron chi connectivity index (χ1n) is 6.95. The van der Waals surface area contributed by atoms with E-state index in [1.54, 1.807) is 0 Å². The SMILES string of the molecule is C/C=C\CCCCCCCCC(C)OC(C)=O. The molecule has 0 saturated carbocycles. The van der Waals surface area contributed by atoms with Crippen LogP contribution >= 0.6 is 0 Å². The molecule has 2 heteroatoms. The van der Waals surface area contributed by atoms with E-state index in [4.69, 9.17) is 4.74 Å². The molecular weight excluding hydrogens is 212 g/mol. The molecule has 0 aliphatic heterocycles. The zero-order chi connectivity index (χ0) is 12.9. The van der Waals surface area contributed by atoms with E-state index in [2.05, 4.69) is 19.1 Å². The molecule has 0 radical (unpaired) electrons. The predicted octanol–water partition coefficient (Wildman–Crippen LogP) is 4.63. The molecule has 0 heterocycles. The molecule has 0 aliphatic rings. The lowest BCUT2D eigenvalue weighted by atomic mass is 10.1. The third kappa shape index (κ3) is 13.1. The lowest BCUT2D eigenvalue weighted by molar-refractivity contribution is -0.145. The van der Waals surface area contributed by atoms with Crippen LogP contribution in [0.15, 0.2) is 12.2 Å². The van der Waals surface area contributed by atoms with Crippen LogP contribution < -0.4 is 0 Å². The molecule has 0 aromatic rings. The first kappa shape index (κ1) is 16.2. The summed E-state index contributed by atoms with van der Waals surface area (Å²) in [6, 6.07) is 0. The van der Waals surface area contributed by atoms with Gasteiger partial charge in [-0.25, -0.2) is 0 Å². The van der Waals surface area contributed by atoms with Crippen molar-refractivity contribution in [2.45, 2.75) is 78.2 Å². The number of allylic oxidation sites excluding steroid dienone is 2. The van der Waals surface area contributed by atoms with Crippen LogP contribution in [0.2, 0.25) is 0 Å². The van der Waals surface area contributed by atoms with Gasteiger partial charge in [-0.05, 0) is 39.5 Å². The molecule has 0 rings (SSSR count). The standard InChI is InChI=1S/C15H28O2/c1-4-5-6-7-8-9-10-11-12-13-14(2)17-15(3)16/h4-5,14H,6-13H2,1-3H3/b5-4-. The third-order valence-corrected chi connectivity index (χ3v) is 2.83. The maximum Gasteiger partial charge on any atom is 0.302 e. The fourth-order valence-electron chi connectivity index (χ4n) is 1.91. The summed E-state index contributed by atoms with van der Waals surface area (Å²) in [5.74, 6) is -0.165. The Morgan fingerprint density at radius 1 is 1.12 bits per heavy atom. The van der Waals surface area contributed by atoms with E-state index >= 15 is 0 Å². The van der Waals surface area contributed by atoms with E-state index in [1.165, 1.54) is 51.9 Å². The second-order valence-corrected chi connectivity index (χ2v) is 4.69. The summed E-state index contributed by atoms with van der Waals surface area (Å²) in [5.41, 5.74) is 0. The summed E-state index contributed by atoms with van der Waals surface area (Å²) in [6.07, 6.45) is 14.4. The molecule has 2 nitrogen and oxygen atoms in total. The Bertz CT molecular complexity index is 209. The van der Waals surface area contributed by atoms with Crippen molar-refractivity contribution in [1.29, 1.82) is 0 Å². The van der Waals surface area contributed by atoms with Gasteiger partial charge < -0.3 is 4.74 Å². The number of carbonyl (C=O) groups excluding carboxylic acids is 1. The van der Waals surface area contributed by atoms with Crippen LogP contribution in [0, 0.1) is 0 Å². The van der Waals surface area contributed by atoms with Crippen LogP contribution in [-0.4, -0.2) is 12.1 Å². The smallest absolute Gasteiger partial charge is 0.302 e. The molecule has 100 valence electrons. The normalized spacial score (nSPS) is 12.9. The number of rotatable bonds is 10. The summed E-state index contributed by atoms with van der Waals surface area (Å²) in [5, 5.41) is 0. The van der Waals surface area contributed by atoms with Gasteiger partial charge in [0.15, 0.2) is 0 Å². The second kappa shape index (κ2) is 11.7. The van der Waals surface area contributed by atoms with E-state index in [1.807, 2.05) is 6.92 Å². The highest BCUT2D eigenvalue weighted by molar-refractivity contribution is 5.66. The van der Waals surface area contributed by atoms with Gasteiger partial charge in [-0.1, -0.05) is 37.8 Å². The van der Waals surface area contributed by atoms with Gasteiger partial charge in [0.1, 0.15) is 0 Å². The second-order valence-electron chi connectivity index (χ2n) is 4.69. The summed E-state index contributed by atoms with van der Waals surface area (Å²) in [4.78, 5) is 10.7. The number of hydrogen-bond donors (Lipinski definition) is 0. The fraction of sp³-hybridized carbons (Fsp3) is 0.800. The fourth-order valence-corrected chi connectivity index (χ4v) is 1.91. The van der Waals surface area contributed by atoms with Crippen molar-refractivity contribution in [2.75, 3.05) is 0 Å². The molecule has 0 saturated heterocycles. The molecule has 0 aromatic heterocycles. The molecule has 1 unspecified atom stereocenters. The topological polar surface area (TPSA) is 26.3 Å². The Kier molecular flexibility index (Phi) is 11.1. The van der Waals surface area contributed by atoms with Crippen molar-refractivity contribution < 1.29 is 9.53 Å². The molecule has 0 aliphatic carbocycles. The number of esters is 1. The van der Waals surface area contributed by atoms with Gasteiger partial charge in [-0.2, -0.15) is 0 Å². The summed E-state index contributed by atoms with van der Waals surface area (Å²) >= 11 is 0. The van der Waals surface area contributed by atoms with E-state index in [9.17, 15) is 4.79 Å². The number of carbonyl (C=O) groups is 1. The van der Waals surface area contributed by atoms with Crippen molar-refractivity contribution in [2.24, 2.45) is 0 Å². The summed E-state index contributed by atoms with van der Waals surface area (Å²) in [7, 11) is 0. The van der Waals surface area contributed by atoms with Gasteiger partial charge in [0.05, 0.1) is 6.10 Å². The Labute approximate surface area is 106 Å². The van der Waals surface area contributed by atoms with Crippen LogP contribution in [-0.2, 0) is 9.53 Å². The zero-order valence-electron chi connectivity index (χ0n) is 11.7. The van der Waals surface area contributed by atoms with E-state index in [-0.39, 0.29) is 12.1 Å². The summed E-state index contributed by atoms with van der Waals surface area (Å²) < 4.78 is 5.08. The van der Waals surface area contributed by atoms with Crippen molar-refractivity contribution in [1.82, 2.24) is 0 Å². The van der Waals surface area contributed by atoms with Crippen molar-refractivity contribution in [3.63, 3.8) is 0 Å². The van der Waals surface area contributed by atoms with Crippen LogP contribution in [0.3, 0.4) is 0 Å². The quantitative estimate of drug-likeness (QED) is 0.316. The van der Waals surface area contributed by atoms with Crippen molar-refractivity contribution >= 4 is 5.97 Å². The van der Waals surface area contributed by atoms with Gasteiger partial charge >= 0.3 is 5.97 Å². The van der Waals surface area contributed by atoms with Gasteiger partial charge in [0, 0.05) is 6.92 Å². The molecule has 0 aromatic carbocycles. The molecule has 0 fully saturated rings. The van der Waals surface area contributed by atoms with Crippen LogP contribution in [0.25, 0.3) is 0 Å². The highest BCUT2D eigenvalue weighted by Gasteiger charge is 2.04. The Morgan fingerprint density at radius 3 is 2.29 bits per heavy atom. The monoisotopic (exact) mass is 240 g/mol. The number of hydrogen-bond acceptors (Lipinski definition) is 2. The zero-order valence-corrected chi connectivity index (χ0v) is 11.7. The van der Waals surface area contributed by atoms with Crippen molar-refractivity contribution in [3.8, 4) is 0 Å². The number of ether oxygens (including phenoxy) is 1. The first-order valence-corrected chi connectivity index (χ1v) is 6.95. The Hall–Kier alpha value is -0.790. The van der Waals surface area contributed by atoms with Crippen molar-refractivity contribution in [3.05, 3.63) is 12.2 Å². The maximum atomic E-state index is 10.7. The minimum absolute atomic E-state index is 0.0854. The average Bonchev–Trinajstić information content (AvgIpc) is 2.26. The average molecular weight is 240 g/mol. The predicted molar refractivity (Wildman–Crippen MR) is 73.0 cm³/mol. The largest absolute Gasteiger partial charge is 0.463 e. The molecule has 0 amide bonds. The molecule has 17 heavy (non-hydrogen) atoms. The number of unbranched alkanes of at least 4 members (excludes halogenated alkanes) is 6. The molecular formula is C15H28O2. The highest BCUT2D eigenvalue weighted by atomic mass is 16.5. The lowest BCUT2D eigenvalue weighted by Crippen LogP contribution is -2.11. The van der Waals surface area contributed by atoms with E-state index in [0.29, 0.717) is 0 Å². The lowest BCUT2D eigenvalue weighted by Gasteiger charge is -2.10. The summed E-state index contributed by atoms with van der Waals surface area (Å²) in [6.45, 7) is 5.52. The third-order valence-electron chi connectivity index (χ3n) is 2.83. The van der Waals surface area contributed by atoms with Gasteiger partial charge in [0.25, 0.3) is 0 Å². The van der Waals surface area contributed by atoms with E-state index in [0.717, 1.165) is 6.42 Å². The molecule has 0 bridgehead atoms. The van der Waals surface area contributed by atoms with Gasteiger partial charge in [-0.3, -0.25) is 4.79 Å². The van der Waals surface area contributed by atoms with Crippen LogP contribution in [0.5, 0.6) is 0 Å². The Morgan fingerprint density at radius 2 is 1.71 bits per heavy atom. The molecule has 1 atom stereocenters. The minimum atomic E-state index is -0.165. The van der Waals surface area contributed by atoms with Gasteiger partial charge in [0.2, 0.25) is 0 Å². The first-order chi connectivity index (χ1) is 8.16. The highest BCUT2D eigenvalue weighted by Crippen LogP contribution is 2.11. The maximum absolute atomic E-state index is 10.7. The Balaban J connectivity index is 3.15.